The van der Waals surface area contributed by atoms with Gasteiger partial charge in [0.25, 0.3) is 10.2 Å². The molecule has 1 amide bonds. The maximum absolute atomic E-state index is 13.0. The Hall–Kier alpha value is -0.700. The lowest BCUT2D eigenvalue weighted by atomic mass is 9.86. The van der Waals surface area contributed by atoms with E-state index >= 15 is 0 Å². The summed E-state index contributed by atoms with van der Waals surface area (Å²) in [4.78, 5) is 14.6. The van der Waals surface area contributed by atoms with Crippen molar-refractivity contribution in [1.29, 1.82) is 0 Å². The van der Waals surface area contributed by atoms with Gasteiger partial charge in [0.1, 0.15) is 0 Å². The van der Waals surface area contributed by atoms with Gasteiger partial charge in [0, 0.05) is 45.7 Å². The molecule has 5 atom stereocenters. The molecular weight excluding hydrogens is 366 g/mol. The van der Waals surface area contributed by atoms with Crippen LogP contribution in [-0.4, -0.2) is 79.3 Å². The van der Waals surface area contributed by atoms with Crippen LogP contribution in [0.2, 0.25) is 0 Å². The van der Waals surface area contributed by atoms with Crippen LogP contribution in [0.15, 0.2) is 0 Å². The highest BCUT2D eigenvalue weighted by atomic mass is 32.2. The molecule has 2 saturated heterocycles. The van der Waals surface area contributed by atoms with Crippen molar-refractivity contribution in [3.05, 3.63) is 0 Å². The van der Waals surface area contributed by atoms with Crippen molar-refractivity contribution in [3.8, 4) is 0 Å². The lowest BCUT2D eigenvalue weighted by Gasteiger charge is -2.40. The number of hydrogen-bond acceptors (Lipinski definition) is 4. The van der Waals surface area contributed by atoms with Crippen LogP contribution in [0.1, 0.15) is 46.0 Å². The Morgan fingerprint density at radius 2 is 1.63 bits per heavy atom. The third-order valence-electron chi connectivity index (χ3n) is 6.95. The summed E-state index contributed by atoms with van der Waals surface area (Å²) in [5, 5.41) is 0. The number of fused-ring (bicyclic) bond motifs is 2. The predicted octanol–water partition coefficient (Wildman–Crippen LogP) is 1.31. The van der Waals surface area contributed by atoms with E-state index in [2.05, 4.69) is 0 Å². The monoisotopic (exact) mass is 399 g/mol. The number of ether oxygens (including phenoxy) is 1. The summed E-state index contributed by atoms with van der Waals surface area (Å²) in [6.45, 7) is 6.42. The maximum atomic E-state index is 13.0. The smallest absolute Gasteiger partial charge is 0.282 e. The molecule has 0 spiro atoms. The quantitative estimate of drug-likeness (QED) is 0.715. The Kier molecular flexibility index (Phi) is 5.53. The first-order valence-corrected chi connectivity index (χ1v) is 11.9. The van der Waals surface area contributed by atoms with Crippen molar-refractivity contribution in [2.45, 2.75) is 58.2 Å². The molecule has 2 aliphatic carbocycles. The summed E-state index contributed by atoms with van der Waals surface area (Å²) < 4.78 is 34.7. The van der Waals surface area contributed by atoms with Crippen LogP contribution >= 0.6 is 0 Å². The molecule has 2 aliphatic heterocycles. The van der Waals surface area contributed by atoms with Crippen molar-refractivity contribution in [2.24, 2.45) is 17.8 Å². The fourth-order valence-corrected chi connectivity index (χ4v) is 7.38. The van der Waals surface area contributed by atoms with E-state index in [1.165, 1.54) is 25.7 Å². The number of morpholine rings is 1. The van der Waals surface area contributed by atoms with E-state index in [0.717, 1.165) is 11.8 Å². The second kappa shape index (κ2) is 7.61. The highest BCUT2D eigenvalue weighted by Crippen LogP contribution is 2.49. The Balaban J connectivity index is 1.29. The van der Waals surface area contributed by atoms with Gasteiger partial charge in [-0.3, -0.25) is 4.79 Å². The Morgan fingerprint density at radius 3 is 2.19 bits per heavy atom. The lowest BCUT2D eigenvalue weighted by molar-refractivity contribution is -0.133. The minimum Gasteiger partial charge on any atom is -0.373 e. The van der Waals surface area contributed by atoms with E-state index in [9.17, 15) is 13.2 Å². The number of rotatable bonds is 4. The summed E-state index contributed by atoms with van der Waals surface area (Å²) in [6, 6.07) is 0. The SMILES string of the molecule is C[C@@H]1CN(S(=O)(=O)N2CCN(C(=O)C[C@@H]3C[C@H]4CC[C@H]3C4)CC2)C[C@H](C)O1. The lowest BCUT2D eigenvalue weighted by Crippen LogP contribution is -2.57. The van der Waals surface area contributed by atoms with Gasteiger partial charge in [0.05, 0.1) is 12.2 Å². The van der Waals surface area contributed by atoms with E-state index in [-0.39, 0.29) is 18.1 Å². The Labute approximate surface area is 163 Å². The standard InChI is InChI=1S/C19H33N3O4S/c1-14-12-22(13-15(2)26-14)27(24,25)21-7-5-20(6-8-21)19(23)11-18-10-16-3-4-17(18)9-16/h14-18H,3-13H2,1-2H3/t14-,15+,16-,17-,18-/m0/s1. The third-order valence-corrected chi connectivity index (χ3v) is 8.92. The molecule has 0 unspecified atom stereocenters. The van der Waals surface area contributed by atoms with Gasteiger partial charge in [0.15, 0.2) is 0 Å². The molecule has 0 N–H and O–H groups in total. The molecule has 154 valence electrons. The summed E-state index contributed by atoms with van der Waals surface area (Å²) in [5.74, 6) is 2.39. The van der Waals surface area contributed by atoms with Gasteiger partial charge in [0.2, 0.25) is 5.91 Å². The Bertz CT molecular complexity index is 652. The number of carbonyl (C=O) groups is 1. The minimum atomic E-state index is -3.48. The van der Waals surface area contributed by atoms with Crippen LogP contribution in [0.3, 0.4) is 0 Å². The number of nitrogens with zero attached hydrogens (tertiary/aromatic N) is 3. The molecule has 0 aromatic rings. The highest BCUT2D eigenvalue weighted by molar-refractivity contribution is 7.86. The molecule has 4 aliphatic rings. The summed E-state index contributed by atoms with van der Waals surface area (Å²) in [7, 11) is -3.48. The molecule has 4 rings (SSSR count). The molecule has 0 aromatic carbocycles. The van der Waals surface area contributed by atoms with Gasteiger partial charge in [-0.1, -0.05) is 6.42 Å². The van der Waals surface area contributed by atoms with Gasteiger partial charge in [-0.15, -0.1) is 0 Å². The minimum absolute atomic E-state index is 0.0897. The first kappa shape index (κ1) is 19.6. The van der Waals surface area contributed by atoms with E-state index in [1.807, 2.05) is 18.7 Å². The first-order chi connectivity index (χ1) is 12.8. The summed E-state index contributed by atoms with van der Waals surface area (Å²) >= 11 is 0. The van der Waals surface area contributed by atoms with Crippen molar-refractivity contribution in [3.63, 3.8) is 0 Å². The zero-order valence-electron chi connectivity index (χ0n) is 16.5. The number of hydrogen-bond donors (Lipinski definition) is 0. The van der Waals surface area contributed by atoms with E-state index in [1.54, 1.807) is 8.61 Å². The maximum Gasteiger partial charge on any atom is 0.282 e. The van der Waals surface area contributed by atoms with Crippen molar-refractivity contribution in [1.82, 2.24) is 13.5 Å². The van der Waals surface area contributed by atoms with Crippen LogP contribution in [0, 0.1) is 17.8 Å². The fraction of sp³-hybridized carbons (Fsp3) is 0.947. The van der Waals surface area contributed by atoms with E-state index in [4.69, 9.17) is 4.74 Å². The molecule has 4 fully saturated rings. The first-order valence-electron chi connectivity index (χ1n) is 10.5. The Morgan fingerprint density at radius 1 is 0.963 bits per heavy atom. The molecular formula is C19H33N3O4S. The molecule has 2 saturated carbocycles. The van der Waals surface area contributed by atoms with Gasteiger partial charge in [-0.05, 0) is 50.9 Å². The second-order valence-corrected chi connectivity index (χ2v) is 10.9. The third kappa shape index (κ3) is 4.04. The molecule has 7 nitrogen and oxygen atoms in total. The molecule has 2 bridgehead atoms. The van der Waals surface area contributed by atoms with Crippen LogP contribution in [0.25, 0.3) is 0 Å². The molecule has 2 heterocycles. The molecule has 27 heavy (non-hydrogen) atoms. The van der Waals surface area contributed by atoms with Crippen LogP contribution < -0.4 is 0 Å². The average molecular weight is 400 g/mol. The van der Waals surface area contributed by atoms with Crippen molar-refractivity contribution >= 4 is 16.1 Å². The molecule has 0 aromatic heterocycles. The summed E-state index contributed by atoms with van der Waals surface area (Å²) in [5.41, 5.74) is 0. The van der Waals surface area contributed by atoms with Crippen molar-refractivity contribution < 1.29 is 17.9 Å². The van der Waals surface area contributed by atoms with Crippen molar-refractivity contribution in [2.75, 3.05) is 39.3 Å². The summed E-state index contributed by atoms with van der Waals surface area (Å²) in [6.07, 6.45) is 5.67. The van der Waals surface area contributed by atoms with Crippen LogP contribution in [0.5, 0.6) is 0 Å². The van der Waals surface area contributed by atoms with Gasteiger partial charge in [-0.2, -0.15) is 17.0 Å². The zero-order valence-corrected chi connectivity index (χ0v) is 17.4. The topological polar surface area (TPSA) is 70.2 Å². The number of amides is 1. The zero-order chi connectivity index (χ0) is 19.2. The van der Waals surface area contributed by atoms with Gasteiger partial charge in [-0.25, -0.2) is 0 Å². The van der Waals surface area contributed by atoms with E-state index in [0.29, 0.717) is 51.6 Å². The van der Waals surface area contributed by atoms with Gasteiger partial charge < -0.3 is 9.64 Å². The normalized spacial score (nSPS) is 38.4. The average Bonchev–Trinajstić information content (AvgIpc) is 3.24. The second-order valence-electron chi connectivity index (χ2n) is 9.00. The van der Waals surface area contributed by atoms with Crippen LogP contribution in [-0.2, 0) is 19.7 Å². The predicted molar refractivity (Wildman–Crippen MR) is 102 cm³/mol. The fourth-order valence-electron chi connectivity index (χ4n) is 5.63. The number of piperazine rings is 1. The highest BCUT2D eigenvalue weighted by Gasteiger charge is 2.41. The van der Waals surface area contributed by atoms with Gasteiger partial charge >= 0.3 is 0 Å². The largest absolute Gasteiger partial charge is 0.373 e. The molecule has 8 heteroatoms. The molecule has 0 radical (unpaired) electrons. The van der Waals surface area contributed by atoms with Crippen LogP contribution in [0.4, 0.5) is 0 Å². The van der Waals surface area contributed by atoms with E-state index < -0.39 is 10.2 Å². The number of carbonyl (C=O) groups excluding carboxylic acids is 1.